The highest BCUT2D eigenvalue weighted by Gasteiger charge is 2.19. The van der Waals surface area contributed by atoms with Gasteiger partial charge in [0.1, 0.15) is 10.7 Å². The van der Waals surface area contributed by atoms with E-state index in [0.29, 0.717) is 16.5 Å². The molecule has 1 heterocycles. The summed E-state index contributed by atoms with van der Waals surface area (Å²) in [4.78, 5) is 0.0147. The molecular formula is C16H13Cl2N3O2S. The molecule has 3 aromatic rings. The standard InChI is InChI=1S/C16H13Cl2N3O2S/c1-21-16(10-14(19-21)11-6-8-12(17)9-7-11)20-24(22,23)15-5-3-2-4-13(15)18/h2-10,20H,1H3. The van der Waals surface area contributed by atoms with Crippen LogP contribution in [0.4, 0.5) is 5.82 Å². The van der Waals surface area contributed by atoms with Crippen LogP contribution in [0.25, 0.3) is 11.3 Å². The highest BCUT2D eigenvalue weighted by atomic mass is 35.5. The lowest BCUT2D eigenvalue weighted by atomic mass is 10.1. The van der Waals surface area contributed by atoms with Crippen molar-refractivity contribution in [2.45, 2.75) is 4.90 Å². The molecule has 0 radical (unpaired) electrons. The van der Waals surface area contributed by atoms with Gasteiger partial charge in [-0.3, -0.25) is 9.40 Å². The van der Waals surface area contributed by atoms with E-state index in [1.54, 1.807) is 37.4 Å². The molecule has 0 saturated carbocycles. The van der Waals surface area contributed by atoms with Crippen molar-refractivity contribution in [2.24, 2.45) is 7.05 Å². The van der Waals surface area contributed by atoms with E-state index >= 15 is 0 Å². The van der Waals surface area contributed by atoms with Gasteiger partial charge in [0, 0.05) is 23.7 Å². The Kier molecular flexibility index (Phi) is 4.54. The van der Waals surface area contributed by atoms with E-state index in [2.05, 4.69) is 9.82 Å². The van der Waals surface area contributed by atoms with E-state index in [1.807, 2.05) is 12.1 Å². The first kappa shape index (κ1) is 16.8. The molecule has 0 saturated heterocycles. The Morgan fingerprint density at radius 1 is 1.04 bits per heavy atom. The van der Waals surface area contributed by atoms with Crippen LogP contribution in [0, 0.1) is 0 Å². The smallest absolute Gasteiger partial charge is 0.264 e. The lowest BCUT2D eigenvalue weighted by Gasteiger charge is -2.08. The van der Waals surface area contributed by atoms with E-state index in [4.69, 9.17) is 23.2 Å². The minimum Gasteiger partial charge on any atom is -0.264 e. The summed E-state index contributed by atoms with van der Waals surface area (Å²) in [6, 6.07) is 15.0. The normalized spacial score (nSPS) is 11.5. The Bertz CT molecular complexity index is 983. The van der Waals surface area contributed by atoms with Crippen molar-refractivity contribution in [1.82, 2.24) is 9.78 Å². The number of hydrogen-bond acceptors (Lipinski definition) is 3. The Balaban J connectivity index is 1.94. The van der Waals surface area contributed by atoms with Crippen LogP contribution in [-0.2, 0) is 17.1 Å². The zero-order valence-corrected chi connectivity index (χ0v) is 14.9. The van der Waals surface area contributed by atoms with Gasteiger partial charge in [0.15, 0.2) is 0 Å². The molecule has 8 heteroatoms. The third-order valence-corrected chi connectivity index (χ3v) is 5.49. The number of halogens is 2. The molecule has 0 aliphatic rings. The molecule has 0 amide bonds. The summed E-state index contributed by atoms with van der Waals surface area (Å²) < 4.78 is 29.0. The molecule has 124 valence electrons. The fourth-order valence-electron chi connectivity index (χ4n) is 2.18. The van der Waals surface area contributed by atoms with Crippen molar-refractivity contribution in [3.05, 3.63) is 64.6 Å². The van der Waals surface area contributed by atoms with Crippen molar-refractivity contribution >= 4 is 39.0 Å². The van der Waals surface area contributed by atoms with Gasteiger partial charge in [-0.1, -0.05) is 47.5 Å². The fraction of sp³-hybridized carbons (Fsp3) is 0.0625. The topological polar surface area (TPSA) is 64.0 Å². The number of aromatic nitrogens is 2. The third-order valence-electron chi connectivity index (χ3n) is 3.38. The van der Waals surface area contributed by atoms with Crippen molar-refractivity contribution in [2.75, 3.05) is 4.72 Å². The van der Waals surface area contributed by atoms with Gasteiger partial charge in [-0.15, -0.1) is 0 Å². The Morgan fingerprint density at radius 2 is 1.71 bits per heavy atom. The van der Waals surface area contributed by atoms with Crippen LogP contribution >= 0.6 is 23.2 Å². The van der Waals surface area contributed by atoms with Crippen LogP contribution in [-0.4, -0.2) is 18.2 Å². The highest BCUT2D eigenvalue weighted by molar-refractivity contribution is 7.92. The van der Waals surface area contributed by atoms with E-state index in [9.17, 15) is 8.42 Å². The van der Waals surface area contributed by atoms with Gasteiger partial charge in [-0.2, -0.15) is 5.10 Å². The summed E-state index contributed by atoms with van der Waals surface area (Å²) in [5.74, 6) is 0.333. The average Bonchev–Trinajstić information content (AvgIpc) is 2.88. The molecule has 3 rings (SSSR count). The molecular weight excluding hydrogens is 369 g/mol. The summed E-state index contributed by atoms with van der Waals surface area (Å²) in [6.07, 6.45) is 0. The Labute approximate surface area is 149 Å². The van der Waals surface area contributed by atoms with Crippen molar-refractivity contribution in [3.8, 4) is 11.3 Å². The summed E-state index contributed by atoms with van der Waals surface area (Å²) in [6.45, 7) is 0. The summed E-state index contributed by atoms with van der Waals surface area (Å²) in [5.41, 5.74) is 1.46. The summed E-state index contributed by atoms with van der Waals surface area (Å²) in [5, 5.41) is 5.10. The molecule has 0 fully saturated rings. The molecule has 5 nitrogen and oxygen atoms in total. The van der Waals surface area contributed by atoms with E-state index in [1.165, 1.54) is 16.8 Å². The first-order valence-electron chi connectivity index (χ1n) is 6.94. The maximum atomic E-state index is 12.5. The van der Waals surface area contributed by atoms with E-state index < -0.39 is 10.0 Å². The number of rotatable bonds is 4. The molecule has 0 aliphatic heterocycles. The highest BCUT2D eigenvalue weighted by Crippen LogP contribution is 2.26. The SMILES string of the molecule is Cn1nc(-c2ccc(Cl)cc2)cc1NS(=O)(=O)c1ccccc1Cl. The maximum absolute atomic E-state index is 12.5. The lowest BCUT2D eigenvalue weighted by Crippen LogP contribution is -2.15. The van der Waals surface area contributed by atoms with Crippen LogP contribution in [0.2, 0.25) is 10.0 Å². The Morgan fingerprint density at radius 3 is 2.38 bits per heavy atom. The molecule has 0 atom stereocenters. The van der Waals surface area contributed by atoms with E-state index in [-0.39, 0.29) is 9.92 Å². The molecule has 24 heavy (non-hydrogen) atoms. The van der Waals surface area contributed by atoms with Crippen molar-refractivity contribution in [1.29, 1.82) is 0 Å². The number of sulfonamides is 1. The lowest BCUT2D eigenvalue weighted by molar-refractivity contribution is 0.600. The number of hydrogen-bond donors (Lipinski definition) is 1. The minimum absolute atomic E-state index is 0.0147. The fourth-order valence-corrected chi connectivity index (χ4v) is 3.91. The van der Waals surface area contributed by atoms with Gasteiger partial charge in [0.05, 0.1) is 10.7 Å². The summed E-state index contributed by atoms with van der Waals surface area (Å²) >= 11 is 11.9. The van der Waals surface area contributed by atoms with Gasteiger partial charge in [-0.05, 0) is 24.3 Å². The first-order chi connectivity index (χ1) is 11.4. The molecule has 1 N–H and O–H groups in total. The van der Waals surface area contributed by atoms with Crippen LogP contribution in [0.5, 0.6) is 0 Å². The maximum Gasteiger partial charge on any atom is 0.264 e. The Hall–Kier alpha value is -2.02. The molecule has 0 unspecified atom stereocenters. The number of anilines is 1. The van der Waals surface area contributed by atoms with Gasteiger partial charge >= 0.3 is 0 Å². The second-order valence-electron chi connectivity index (χ2n) is 5.08. The van der Waals surface area contributed by atoms with Gasteiger partial charge in [-0.25, -0.2) is 8.42 Å². The van der Waals surface area contributed by atoms with Crippen LogP contribution in [0.3, 0.4) is 0 Å². The van der Waals surface area contributed by atoms with Crippen LogP contribution in [0.15, 0.2) is 59.5 Å². The molecule has 1 aromatic heterocycles. The van der Waals surface area contributed by atoms with E-state index in [0.717, 1.165) is 5.56 Å². The first-order valence-corrected chi connectivity index (χ1v) is 9.18. The molecule has 0 bridgehead atoms. The van der Waals surface area contributed by atoms with Crippen molar-refractivity contribution < 1.29 is 8.42 Å². The minimum atomic E-state index is -3.81. The van der Waals surface area contributed by atoms with Crippen molar-refractivity contribution in [3.63, 3.8) is 0 Å². The van der Waals surface area contributed by atoms with Crippen LogP contribution in [0.1, 0.15) is 0 Å². The zero-order chi connectivity index (χ0) is 17.3. The second-order valence-corrected chi connectivity index (χ2v) is 7.58. The molecule has 0 aliphatic carbocycles. The monoisotopic (exact) mass is 381 g/mol. The molecule has 0 spiro atoms. The average molecular weight is 382 g/mol. The van der Waals surface area contributed by atoms with Gasteiger partial charge < -0.3 is 0 Å². The predicted molar refractivity (Wildman–Crippen MR) is 95.9 cm³/mol. The molecule has 2 aromatic carbocycles. The summed E-state index contributed by atoms with van der Waals surface area (Å²) in [7, 11) is -2.15. The van der Waals surface area contributed by atoms with Gasteiger partial charge in [0.2, 0.25) is 0 Å². The predicted octanol–water partition coefficient (Wildman–Crippen LogP) is 4.19. The largest absolute Gasteiger partial charge is 0.264 e. The number of nitrogens with one attached hydrogen (secondary N) is 1. The van der Waals surface area contributed by atoms with Crippen LogP contribution < -0.4 is 4.72 Å². The zero-order valence-electron chi connectivity index (χ0n) is 12.6. The number of benzene rings is 2. The second kappa shape index (κ2) is 6.47. The number of nitrogens with zero attached hydrogens (tertiary/aromatic N) is 2. The quantitative estimate of drug-likeness (QED) is 0.736. The van der Waals surface area contributed by atoms with Gasteiger partial charge in [0.25, 0.3) is 10.0 Å². The third kappa shape index (κ3) is 3.40. The number of aryl methyl sites for hydroxylation is 1.